The van der Waals surface area contributed by atoms with Gasteiger partial charge in [-0.25, -0.2) is 9.50 Å². The summed E-state index contributed by atoms with van der Waals surface area (Å²) in [5.74, 6) is 0.952. The van der Waals surface area contributed by atoms with Crippen molar-refractivity contribution in [3.05, 3.63) is 63.7 Å². The maximum atomic E-state index is 12.6. The zero-order valence-electron chi connectivity index (χ0n) is 17.2. The topological polar surface area (TPSA) is 97.7 Å². The number of rotatable bonds is 6. The van der Waals surface area contributed by atoms with Crippen molar-refractivity contribution in [3.63, 3.8) is 0 Å². The van der Waals surface area contributed by atoms with E-state index in [1.807, 2.05) is 37.3 Å². The first-order valence-electron chi connectivity index (χ1n) is 10.2. The number of aromatic amines is 1. The molecule has 0 saturated carbocycles. The highest BCUT2D eigenvalue weighted by molar-refractivity contribution is 5.79. The highest BCUT2D eigenvalue weighted by Crippen LogP contribution is 2.26. The molecule has 0 bridgehead atoms. The lowest BCUT2D eigenvalue weighted by molar-refractivity contribution is -0.121. The Hall–Kier alpha value is -3.13. The molecular weight excluding hydrogens is 384 g/mol. The summed E-state index contributed by atoms with van der Waals surface area (Å²) in [6, 6.07) is 10.4. The van der Waals surface area contributed by atoms with Crippen molar-refractivity contribution in [2.24, 2.45) is 0 Å². The van der Waals surface area contributed by atoms with Crippen LogP contribution in [0, 0.1) is 0 Å². The average molecular weight is 410 g/mol. The van der Waals surface area contributed by atoms with E-state index in [0.717, 1.165) is 43.1 Å². The summed E-state index contributed by atoms with van der Waals surface area (Å²) in [6.45, 7) is 3.28. The van der Waals surface area contributed by atoms with Crippen LogP contribution in [0.15, 0.2) is 41.2 Å². The van der Waals surface area contributed by atoms with Crippen LogP contribution >= 0.6 is 0 Å². The summed E-state index contributed by atoms with van der Waals surface area (Å²) in [4.78, 5) is 29.6. The van der Waals surface area contributed by atoms with Crippen LogP contribution in [-0.4, -0.2) is 40.8 Å². The zero-order chi connectivity index (χ0) is 21.1. The number of amides is 1. The fourth-order valence-electron chi connectivity index (χ4n) is 3.76. The van der Waals surface area contributed by atoms with Gasteiger partial charge in [0.2, 0.25) is 5.91 Å². The van der Waals surface area contributed by atoms with Gasteiger partial charge in [-0.2, -0.15) is 0 Å². The van der Waals surface area contributed by atoms with E-state index in [1.54, 1.807) is 7.11 Å². The molecule has 8 heteroatoms. The van der Waals surface area contributed by atoms with Crippen LogP contribution in [0.4, 0.5) is 0 Å². The Bertz CT molecular complexity index is 1080. The number of H-pyrrole nitrogens is 1. The van der Waals surface area contributed by atoms with E-state index in [-0.39, 0.29) is 23.9 Å². The molecule has 8 nitrogen and oxygen atoms in total. The second kappa shape index (κ2) is 8.71. The molecule has 3 aromatic rings. The molecule has 1 fully saturated rings. The Morgan fingerprint density at radius 1 is 1.30 bits per heavy atom. The molecule has 1 aromatic carbocycles. The van der Waals surface area contributed by atoms with E-state index in [0.29, 0.717) is 17.3 Å². The molecule has 1 aliphatic rings. The lowest BCUT2D eigenvalue weighted by Crippen LogP contribution is -2.30. The van der Waals surface area contributed by atoms with E-state index < -0.39 is 0 Å². The van der Waals surface area contributed by atoms with Gasteiger partial charge in [0.05, 0.1) is 25.3 Å². The number of carbonyl (C=O) groups excluding carboxylic acids is 1. The lowest BCUT2D eigenvalue weighted by Gasteiger charge is -2.20. The summed E-state index contributed by atoms with van der Waals surface area (Å²) in [6.07, 6.45) is 2.09. The smallest absolute Gasteiger partial charge is 0.272 e. The normalized spacial score (nSPS) is 15.8. The summed E-state index contributed by atoms with van der Waals surface area (Å²) < 4.78 is 12.0. The zero-order valence-corrected chi connectivity index (χ0v) is 17.2. The van der Waals surface area contributed by atoms with Gasteiger partial charge >= 0.3 is 0 Å². The number of ether oxygens (including phenoxy) is 2. The maximum Gasteiger partial charge on any atom is 0.272 e. The summed E-state index contributed by atoms with van der Waals surface area (Å²) in [7, 11) is 1.60. The van der Waals surface area contributed by atoms with Gasteiger partial charge in [-0.05, 0) is 37.5 Å². The minimum absolute atomic E-state index is 0.133. The minimum atomic E-state index is -0.380. The van der Waals surface area contributed by atoms with Crippen molar-refractivity contribution in [2.75, 3.05) is 20.3 Å². The third-order valence-electron chi connectivity index (χ3n) is 5.50. The molecule has 0 unspecified atom stereocenters. The maximum absolute atomic E-state index is 12.6. The van der Waals surface area contributed by atoms with Crippen LogP contribution < -0.4 is 15.6 Å². The molecule has 1 atom stereocenters. The molecule has 2 N–H and O–H groups in total. The monoisotopic (exact) mass is 410 g/mol. The Balaban J connectivity index is 1.47. The number of hydrogen-bond acceptors (Lipinski definition) is 5. The van der Waals surface area contributed by atoms with Crippen molar-refractivity contribution in [2.45, 2.75) is 38.1 Å². The van der Waals surface area contributed by atoms with Crippen molar-refractivity contribution in [1.29, 1.82) is 0 Å². The molecule has 1 saturated heterocycles. The van der Waals surface area contributed by atoms with Crippen LogP contribution in [0.3, 0.4) is 0 Å². The van der Waals surface area contributed by atoms with Gasteiger partial charge in [-0.1, -0.05) is 12.1 Å². The third-order valence-corrected chi connectivity index (χ3v) is 5.50. The molecule has 0 radical (unpaired) electrons. The largest absolute Gasteiger partial charge is 0.497 e. The fourth-order valence-corrected chi connectivity index (χ4v) is 3.76. The average Bonchev–Trinajstić information content (AvgIpc) is 3.20. The van der Waals surface area contributed by atoms with Gasteiger partial charge in [-0.15, -0.1) is 0 Å². The Morgan fingerprint density at radius 2 is 2.03 bits per heavy atom. The number of hydrogen-bond donors (Lipinski definition) is 2. The quantitative estimate of drug-likeness (QED) is 0.650. The van der Waals surface area contributed by atoms with Crippen molar-refractivity contribution in [3.8, 4) is 5.75 Å². The van der Waals surface area contributed by atoms with Gasteiger partial charge < -0.3 is 14.8 Å². The molecule has 0 aliphatic carbocycles. The van der Waals surface area contributed by atoms with Gasteiger partial charge in [0.25, 0.3) is 5.56 Å². The summed E-state index contributed by atoms with van der Waals surface area (Å²) in [5, 5.41) is 6.10. The predicted molar refractivity (Wildman–Crippen MR) is 112 cm³/mol. The predicted octanol–water partition coefficient (Wildman–Crippen LogP) is 2.35. The van der Waals surface area contributed by atoms with E-state index in [4.69, 9.17) is 9.47 Å². The number of fused-ring (bicyclic) bond motifs is 1. The Labute approximate surface area is 174 Å². The molecule has 158 valence electrons. The fraction of sp³-hybridized carbons (Fsp3) is 0.409. The van der Waals surface area contributed by atoms with Crippen LogP contribution in [-0.2, 0) is 16.0 Å². The van der Waals surface area contributed by atoms with Crippen LogP contribution in [0.2, 0.25) is 0 Å². The highest BCUT2D eigenvalue weighted by Gasteiger charge is 2.20. The van der Waals surface area contributed by atoms with E-state index in [1.165, 1.54) is 10.6 Å². The lowest BCUT2D eigenvalue weighted by atomic mass is 9.97. The molecular formula is C22H26N4O4. The molecule has 2 aromatic heterocycles. The second-order valence-corrected chi connectivity index (χ2v) is 7.63. The molecule has 30 heavy (non-hydrogen) atoms. The van der Waals surface area contributed by atoms with Gasteiger partial charge in [0, 0.05) is 37.0 Å². The van der Waals surface area contributed by atoms with E-state index in [2.05, 4.69) is 15.4 Å². The molecule has 1 amide bonds. The first-order valence-corrected chi connectivity index (χ1v) is 10.2. The SMILES string of the molecule is COc1ccc(CC(=O)N[C@@H](C)c2cc(=O)n3[nH]c(C4CCOCC4)cc3n2)cc1. The van der Waals surface area contributed by atoms with Gasteiger partial charge in [0.1, 0.15) is 5.75 Å². The van der Waals surface area contributed by atoms with Gasteiger partial charge in [-0.3, -0.25) is 14.7 Å². The standard InChI is InChI=1S/C22H26N4O4/c1-14(23-21(27)11-15-3-5-17(29-2)6-4-15)18-13-22(28)26-20(24-18)12-19(25-26)16-7-9-30-10-8-16/h3-6,12-14,16,25H,7-11H2,1-2H3,(H,23,27)/t14-/m0/s1. The minimum Gasteiger partial charge on any atom is -0.497 e. The third kappa shape index (κ3) is 4.38. The van der Waals surface area contributed by atoms with Crippen LogP contribution in [0.25, 0.3) is 5.65 Å². The number of benzene rings is 1. The number of methoxy groups -OCH3 is 1. The number of nitrogens with one attached hydrogen (secondary N) is 2. The second-order valence-electron chi connectivity index (χ2n) is 7.63. The van der Waals surface area contributed by atoms with Crippen LogP contribution in [0.5, 0.6) is 5.75 Å². The number of nitrogens with zero attached hydrogens (tertiary/aromatic N) is 2. The summed E-state index contributed by atoms with van der Waals surface area (Å²) in [5.41, 5.74) is 2.80. The Morgan fingerprint density at radius 3 is 2.73 bits per heavy atom. The molecule has 1 aliphatic heterocycles. The first kappa shape index (κ1) is 20.2. The molecule has 0 spiro atoms. The van der Waals surface area contributed by atoms with E-state index >= 15 is 0 Å². The van der Waals surface area contributed by atoms with Gasteiger partial charge in [0.15, 0.2) is 5.65 Å². The van der Waals surface area contributed by atoms with Crippen molar-refractivity contribution in [1.82, 2.24) is 19.9 Å². The molecule has 4 rings (SSSR count). The summed E-state index contributed by atoms with van der Waals surface area (Å²) >= 11 is 0. The van der Waals surface area contributed by atoms with Crippen molar-refractivity contribution < 1.29 is 14.3 Å². The number of carbonyl (C=O) groups is 1. The molecule has 3 heterocycles. The van der Waals surface area contributed by atoms with Crippen LogP contribution in [0.1, 0.15) is 48.7 Å². The van der Waals surface area contributed by atoms with Crippen molar-refractivity contribution >= 4 is 11.6 Å². The Kier molecular flexibility index (Phi) is 5.85. The number of aromatic nitrogens is 3. The van der Waals surface area contributed by atoms with E-state index in [9.17, 15) is 9.59 Å². The highest BCUT2D eigenvalue weighted by atomic mass is 16.5. The first-order chi connectivity index (χ1) is 14.5.